The Balaban J connectivity index is 3.29. The van der Waals surface area contributed by atoms with Crippen LogP contribution in [-0.4, -0.2) is 34.2 Å². The maximum Gasteiger partial charge on any atom is 0.311 e. The predicted octanol–water partition coefficient (Wildman–Crippen LogP) is 1.96. The Bertz CT molecular complexity index is 412. The number of aliphatic hydroxyl groups is 1. The molecule has 0 fully saturated rings. The summed E-state index contributed by atoms with van der Waals surface area (Å²) in [5.74, 6) is 0. The second-order valence-corrected chi connectivity index (χ2v) is 4.61. The van der Waals surface area contributed by atoms with Gasteiger partial charge >= 0.3 is 5.69 Å². The van der Waals surface area contributed by atoms with E-state index in [1.165, 1.54) is 12.4 Å². The van der Waals surface area contributed by atoms with Gasteiger partial charge in [-0.1, -0.05) is 0 Å². The minimum Gasteiger partial charge on any atom is -0.395 e. The van der Waals surface area contributed by atoms with Gasteiger partial charge in [0.25, 0.3) is 0 Å². The number of aromatic nitrogens is 1. The normalized spacial score (nSPS) is 10.6. The van der Waals surface area contributed by atoms with Crippen LogP contribution in [-0.2, 0) is 0 Å². The first-order valence-corrected chi connectivity index (χ1v) is 5.93. The van der Waals surface area contributed by atoms with Gasteiger partial charge in [0.05, 0.1) is 16.0 Å². The van der Waals surface area contributed by atoms with E-state index in [1.807, 2.05) is 13.8 Å². The molecule has 6 nitrogen and oxygen atoms in total. The van der Waals surface area contributed by atoms with Crippen molar-refractivity contribution in [1.82, 2.24) is 4.98 Å². The fourth-order valence-corrected chi connectivity index (χ4v) is 2.12. The number of nitrogens with zero attached hydrogens (tertiary/aromatic N) is 3. The van der Waals surface area contributed by atoms with Crippen LogP contribution in [0, 0.1) is 10.1 Å². The van der Waals surface area contributed by atoms with E-state index >= 15 is 0 Å². The summed E-state index contributed by atoms with van der Waals surface area (Å²) in [5.41, 5.74) is 0.385. The molecule has 0 unspecified atom stereocenters. The summed E-state index contributed by atoms with van der Waals surface area (Å²) in [6.45, 7) is 4.09. The Labute approximate surface area is 108 Å². The van der Waals surface area contributed by atoms with Crippen molar-refractivity contribution in [3.05, 3.63) is 27.0 Å². The van der Waals surface area contributed by atoms with E-state index in [2.05, 4.69) is 20.9 Å². The highest BCUT2D eigenvalue weighted by molar-refractivity contribution is 9.10. The molecule has 0 aliphatic rings. The van der Waals surface area contributed by atoms with Gasteiger partial charge in [0, 0.05) is 18.8 Å². The molecule has 1 N–H and O–H groups in total. The van der Waals surface area contributed by atoms with Gasteiger partial charge in [-0.15, -0.1) is 0 Å². The Morgan fingerprint density at radius 3 is 2.71 bits per heavy atom. The van der Waals surface area contributed by atoms with E-state index in [-0.39, 0.29) is 18.3 Å². The van der Waals surface area contributed by atoms with Crippen molar-refractivity contribution in [3.63, 3.8) is 0 Å². The number of aliphatic hydroxyl groups excluding tert-OH is 1. The van der Waals surface area contributed by atoms with Gasteiger partial charge in [-0.05, 0) is 29.8 Å². The lowest BCUT2D eigenvalue weighted by Gasteiger charge is -2.28. The SMILES string of the molecule is CC(C)N(CCO)c1c(Br)cncc1[N+](=O)[O-]. The smallest absolute Gasteiger partial charge is 0.311 e. The van der Waals surface area contributed by atoms with Crippen LogP contribution in [0.1, 0.15) is 13.8 Å². The molecule has 0 spiro atoms. The molecule has 0 bridgehead atoms. The fraction of sp³-hybridized carbons (Fsp3) is 0.500. The van der Waals surface area contributed by atoms with Crippen molar-refractivity contribution in [1.29, 1.82) is 0 Å². The molecule has 1 aromatic heterocycles. The van der Waals surface area contributed by atoms with Crippen LogP contribution in [0.3, 0.4) is 0 Å². The minimum atomic E-state index is -0.472. The molecule has 0 atom stereocenters. The van der Waals surface area contributed by atoms with Crippen LogP contribution in [0.25, 0.3) is 0 Å². The lowest BCUT2D eigenvalue weighted by Crippen LogP contribution is -2.34. The van der Waals surface area contributed by atoms with E-state index in [0.717, 1.165) is 0 Å². The second kappa shape index (κ2) is 5.92. The third-order valence-corrected chi connectivity index (χ3v) is 2.88. The van der Waals surface area contributed by atoms with Crippen LogP contribution in [0.4, 0.5) is 11.4 Å². The highest BCUT2D eigenvalue weighted by Gasteiger charge is 2.24. The first-order chi connectivity index (χ1) is 7.99. The van der Waals surface area contributed by atoms with E-state index in [1.54, 1.807) is 4.90 Å². The average molecular weight is 304 g/mol. The van der Waals surface area contributed by atoms with Gasteiger partial charge < -0.3 is 10.0 Å². The minimum absolute atomic E-state index is 0.0413. The summed E-state index contributed by atoms with van der Waals surface area (Å²) in [4.78, 5) is 16.0. The van der Waals surface area contributed by atoms with E-state index in [9.17, 15) is 10.1 Å². The monoisotopic (exact) mass is 303 g/mol. The summed E-state index contributed by atoms with van der Waals surface area (Å²) in [6.07, 6.45) is 2.72. The fourth-order valence-electron chi connectivity index (χ4n) is 1.57. The number of pyridine rings is 1. The van der Waals surface area contributed by atoms with Crippen molar-refractivity contribution >= 4 is 27.3 Å². The molecular formula is C10H14BrN3O3. The molecule has 1 rings (SSSR count). The molecule has 0 amide bonds. The van der Waals surface area contributed by atoms with E-state index in [0.29, 0.717) is 16.7 Å². The molecule has 0 radical (unpaired) electrons. The molecule has 0 aromatic carbocycles. The molecule has 0 aliphatic heterocycles. The molecule has 7 heteroatoms. The molecule has 0 saturated carbocycles. The standard InChI is InChI=1S/C10H14BrN3O3/c1-7(2)13(3-4-15)10-8(11)5-12-6-9(10)14(16)17/h5-7,15H,3-4H2,1-2H3. The Morgan fingerprint density at radius 2 is 2.24 bits per heavy atom. The van der Waals surface area contributed by atoms with Gasteiger partial charge in [0.1, 0.15) is 11.9 Å². The number of nitro groups is 1. The quantitative estimate of drug-likeness (QED) is 0.664. The number of hydrogen-bond acceptors (Lipinski definition) is 5. The van der Waals surface area contributed by atoms with Crippen molar-refractivity contribution in [2.24, 2.45) is 0 Å². The first kappa shape index (κ1) is 13.9. The third-order valence-electron chi connectivity index (χ3n) is 2.30. The molecule has 94 valence electrons. The summed E-state index contributed by atoms with van der Waals surface area (Å²) in [7, 11) is 0. The molecule has 17 heavy (non-hydrogen) atoms. The molecular weight excluding hydrogens is 290 g/mol. The van der Waals surface area contributed by atoms with Crippen molar-refractivity contribution in [2.45, 2.75) is 19.9 Å². The Kier molecular flexibility index (Phi) is 4.83. The molecule has 0 saturated heterocycles. The van der Waals surface area contributed by atoms with Crippen LogP contribution >= 0.6 is 15.9 Å². The average Bonchev–Trinajstić information content (AvgIpc) is 2.25. The number of hydrogen-bond donors (Lipinski definition) is 1. The highest BCUT2D eigenvalue weighted by atomic mass is 79.9. The summed E-state index contributed by atoms with van der Waals surface area (Å²) >= 11 is 3.26. The summed E-state index contributed by atoms with van der Waals surface area (Å²) in [5, 5.41) is 20.0. The topological polar surface area (TPSA) is 79.5 Å². The molecule has 1 aromatic rings. The van der Waals surface area contributed by atoms with Crippen LogP contribution in [0.5, 0.6) is 0 Å². The van der Waals surface area contributed by atoms with Crippen LogP contribution < -0.4 is 4.90 Å². The summed E-state index contributed by atoms with van der Waals surface area (Å²) in [6, 6.07) is 0.0413. The van der Waals surface area contributed by atoms with Crippen molar-refractivity contribution < 1.29 is 10.0 Å². The number of rotatable bonds is 5. The summed E-state index contributed by atoms with van der Waals surface area (Å²) < 4.78 is 0.550. The zero-order valence-corrected chi connectivity index (χ0v) is 11.2. The zero-order chi connectivity index (χ0) is 13.0. The van der Waals surface area contributed by atoms with Crippen LogP contribution in [0.2, 0.25) is 0 Å². The highest BCUT2D eigenvalue weighted by Crippen LogP contribution is 2.35. The largest absolute Gasteiger partial charge is 0.395 e. The van der Waals surface area contributed by atoms with E-state index < -0.39 is 4.92 Å². The van der Waals surface area contributed by atoms with Crippen LogP contribution in [0.15, 0.2) is 16.9 Å². The van der Waals surface area contributed by atoms with Crippen molar-refractivity contribution in [3.8, 4) is 0 Å². The Hall–Kier alpha value is -1.21. The van der Waals surface area contributed by atoms with Gasteiger partial charge in [-0.25, -0.2) is 0 Å². The van der Waals surface area contributed by atoms with Gasteiger partial charge in [-0.3, -0.25) is 15.1 Å². The second-order valence-electron chi connectivity index (χ2n) is 3.76. The Morgan fingerprint density at radius 1 is 1.59 bits per heavy atom. The maximum atomic E-state index is 11.0. The number of halogens is 1. The van der Waals surface area contributed by atoms with Gasteiger partial charge in [0.15, 0.2) is 0 Å². The van der Waals surface area contributed by atoms with Gasteiger partial charge in [-0.2, -0.15) is 0 Å². The molecule has 0 aliphatic carbocycles. The van der Waals surface area contributed by atoms with Gasteiger partial charge in [0.2, 0.25) is 0 Å². The predicted molar refractivity (Wildman–Crippen MR) is 68.2 cm³/mol. The van der Waals surface area contributed by atoms with E-state index in [4.69, 9.17) is 5.11 Å². The lowest BCUT2D eigenvalue weighted by atomic mass is 10.2. The molecule has 1 heterocycles. The first-order valence-electron chi connectivity index (χ1n) is 5.14. The van der Waals surface area contributed by atoms with Crippen molar-refractivity contribution in [2.75, 3.05) is 18.1 Å². The lowest BCUT2D eigenvalue weighted by molar-refractivity contribution is -0.384. The number of anilines is 1. The third kappa shape index (κ3) is 3.13. The maximum absolute atomic E-state index is 11.0. The zero-order valence-electron chi connectivity index (χ0n) is 9.63.